The SMILES string of the molecule is N#Cc1ccccc1OCC(=O)N1CC(CC(=O)O)C1. The number of carbonyl (C=O) groups is 2. The highest BCUT2D eigenvalue weighted by molar-refractivity contribution is 5.79. The summed E-state index contributed by atoms with van der Waals surface area (Å²) in [5, 5.41) is 17.5. The Morgan fingerprint density at radius 1 is 1.40 bits per heavy atom. The number of amides is 1. The number of para-hydroxylation sites is 1. The van der Waals surface area contributed by atoms with Crippen LogP contribution in [0.1, 0.15) is 12.0 Å². The molecular weight excluding hydrogens is 260 g/mol. The molecule has 104 valence electrons. The lowest BCUT2D eigenvalue weighted by Crippen LogP contribution is -2.52. The minimum atomic E-state index is -0.846. The largest absolute Gasteiger partial charge is 0.482 e. The topological polar surface area (TPSA) is 90.6 Å². The number of nitriles is 1. The average molecular weight is 274 g/mol. The molecule has 0 unspecified atom stereocenters. The van der Waals surface area contributed by atoms with Crippen LogP contribution in [0.4, 0.5) is 0 Å². The third-order valence-corrected chi connectivity index (χ3v) is 3.13. The first-order valence-corrected chi connectivity index (χ1v) is 6.21. The van der Waals surface area contributed by atoms with Gasteiger partial charge in [-0.3, -0.25) is 9.59 Å². The summed E-state index contributed by atoms with van der Waals surface area (Å²) in [5.74, 6) is -0.630. The fraction of sp³-hybridized carbons (Fsp3) is 0.357. The normalized spacial score (nSPS) is 14.2. The zero-order chi connectivity index (χ0) is 14.5. The average Bonchev–Trinajstić information content (AvgIpc) is 2.39. The van der Waals surface area contributed by atoms with Crippen molar-refractivity contribution in [2.45, 2.75) is 6.42 Å². The number of carboxylic acids is 1. The Kier molecular flexibility index (Phi) is 4.20. The molecule has 0 aliphatic carbocycles. The molecule has 0 saturated carbocycles. The molecule has 1 N–H and O–H groups in total. The van der Waals surface area contributed by atoms with Gasteiger partial charge in [0.15, 0.2) is 6.61 Å². The smallest absolute Gasteiger partial charge is 0.303 e. The molecule has 1 amide bonds. The van der Waals surface area contributed by atoms with Crippen LogP contribution in [0.5, 0.6) is 5.75 Å². The van der Waals surface area contributed by atoms with E-state index in [0.29, 0.717) is 24.4 Å². The van der Waals surface area contributed by atoms with Crippen molar-refractivity contribution in [3.8, 4) is 11.8 Å². The van der Waals surface area contributed by atoms with Crippen molar-refractivity contribution in [3.05, 3.63) is 29.8 Å². The van der Waals surface area contributed by atoms with Crippen LogP contribution >= 0.6 is 0 Å². The number of carbonyl (C=O) groups excluding carboxylic acids is 1. The molecule has 0 aromatic heterocycles. The lowest BCUT2D eigenvalue weighted by molar-refractivity contribution is -0.146. The van der Waals surface area contributed by atoms with Crippen molar-refractivity contribution in [1.29, 1.82) is 5.26 Å². The molecule has 2 rings (SSSR count). The molecule has 1 aromatic carbocycles. The highest BCUT2D eigenvalue weighted by Gasteiger charge is 2.32. The Morgan fingerprint density at radius 3 is 2.75 bits per heavy atom. The van der Waals surface area contributed by atoms with E-state index in [4.69, 9.17) is 15.1 Å². The van der Waals surface area contributed by atoms with E-state index in [1.807, 2.05) is 6.07 Å². The Hall–Kier alpha value is -2.55. The van der Waals surface area contributed by atoms with Gasteiger partial charge in [-0.25, -0.2) is 0 Å². The van der Waals surface area contributed by atoms with Crippen molar-refractivity contribution < 1.29 is 19.4 Å². The van der Waals surface area contributed by atoms with Gasteiger partial charge < -0.3 is 14.7 Å². The van der Waals surface area contributed by atoms with Gasteiger partial charge in [0.05, 0.1) is 12.0 Å². The van der Waals surface area contributed by atoms with E-state index in [1.54, 1.807) is 29.2 Å². The van der Waals surface area contributed by atoms with Crippen LogP contribution in [0.25, 0.3) is 0 Å². The maximum atomic E-state index is 11.8. The fourth-order valence-electron chi connectivity index (χ4n) is 2.07. The van der Waals surface area contributed by atoms with Crippen molar-refractivity contribution >= 4 is 11.9 Å². The molecular formula is C14H14N2O4. The number of benzene rings is 1. The van der Waals surface area contributed by atoms with E-state index >= 15 is 0 Å². The molecule has 1 aliphatic heterocycles. The lowest BCUT2D eigenvalue weighted by Gasteiger charge is -2.38. The summed E-state index contributed by atoms with van der Waals surface area (Å²) in [6.07, 6.45) is 0.0852. The third kappa shape index (κ3) is 3.26. The Balaban J connectivity index is 1.80. The number of nitrogens with zero attached hydrogens (tertiary/aromatic N) is 2. The number of hydrogen-bond acceptors (Lipinski definition) is 4. The minimum absolute atomic E-state index is 0.0304. The molecule has 0 radical (unpaired) electrons. The van der Waals surface area contributed by atoms with Gasteiger partial charge in [-0.1, -0.05) is 12.1 Å². The molecule has 1 aromatic rings. The number of rotatable bonds is 5. The summed E-state index contributed by atoms with van der Waals surface area (Å²) in [4.78, 5) is 23.9. The van der Waals surface area contributed by atoms with Gasteiger partial charge in [-0.2, -0.15) is 5.26 Å². The number of ether oxygens (including phenoxy) is 1. The Labute approximate surface area is 116 Å². The van der Waals surface area contributed by atoms with Crippen LogP contribution in [-0.4, -0.2) is 41.6 Å². The fourth-order valence-corrected chi connectivity index (χ4v) is 2.07. The van der Waals surface area contributed by atoms with Gasteiger partial charge >= 0.3 is 5.97 Å². The van der Waals surface area contributed by atoms with Gasteiger partial charge in [0.25, 0.3) is 5.91 Å². The first-order valence-electron chi connectivity index (χ1n) is 6.21. The van der Waals surface area contributed by atoms with E-state index in [0.717, 1.165) is 0 Å². The van der Waals surface area contributed by atoms with E-state index in [1.165, 1.54) is 0 Å². The van der Waals surface area contributed by atoms with Crippen LogP contribution in [0.3, 0.4) is 0 Å². The lowest BCUT2D eigenvalue weighted by atomic mass is 9.96. The van der Waals surface area contributed by atoms with Crippen LogP contribution in [0.15, 0.2) is 24.3 Å². The van der Waals surface area contributed by atoms with E-state index in [-0.39, 0.29) is 24.9 Å². The number of hydrogen-bond donors (Lipinski definition) is 1. The summed E-state index contributed by atoms with van der Waals surface area (Å²) in [5.41, 5.74) is 0.382. The molecule has 1 fully saturated rings. The van der Waals surface area contributed by atoms with E-state index in [9.17, 15) is 9.59 Å². The summed E-state index contributed by atoms with van der Waals surface area (Å²) < 4.78 is 5.33. The highest BCUT2D eigenvalue weighted by atomic mass is 16.5. The van der Waals surface area contributed by atoms with E-state index in [2.05, 4.69) is 0 Å². The van der Waals surface area contributed by atoms with Gasteiger partial charge in [-0.05, 0) is 12.1 Å². The molecule has 0 atom stereocenters. The van der Waals surface area contributed by atoms with Gasteiger partial charge in [-0.15, -0.1) is 0 Å². The Bertz CT molecular complexity index is 559. The highest BCUT2D eigenvalue weighted by Crippen LogP contribution is 2.20. The molecule has 0 spiro atoms. The van der Waals surface area contributed by atoms with Gasteiger partial charge in [0, 0.05) is 19.0 Å². The van der Waals surface area contributed by atoms with E-state index < -0.39 is 5.97 Å². The van der Waals surface area contributed by atoms with Crippen LogP contribution in [0.2, 0.25) is 0 Å². The zero-order valence-corrected chi connectivity index (χ0v) is 10.8. The first-order chi connectivity index (χ1) is 9.60. The second kappa shape index (κ2) is 6.06. The van der Waals surface area contributed by atoms with Crippen molar-refractivity contribution in [2.75, 3.05) is 19.7 Å². The predicted octanol–water partition coefficient (Wildman–Crippen LogP) is 0.870. The third-order valence-electron chi connectivity index (χ3n) is 3.13. The quantitative estimate of drug-likeness (QED) is 0.860. The second-order valence-corrected chi connectivity index (χ2v) is 4.66. The Morgan fingerprint density at radius 2 is 2.10 bits per heavy atom. The van der Waals surface area contributed by atoms with Crippen LogP contribution in [0, 0.1) is 17.2 Å². The maximum absolute atomic E-state index is 11.8. The van der Waals surface area contributed by atoms with Crippen LogP contribution < -0.4 is 4.74 Å². The van der Waals surface area contributed by atoms with Crippen molar-refractivity contribution in [1.82, 2.24) is 4.90 Å². The summed E-state index contributed by atoms with van der Waals surface area (Å²) >= 11 is 0. The number of aliphatic carboxylic acids is 1. The summed E-state index contributed by atoms with van der Waals surface area (Å²) in [6.45, 7) is 0.765. The molecule has 1 aliphatic rings. The predicted molar refractivity (Wildman–Crippen MR) is 69.0 cm³/mol. The molecule has 1 saturated heterocycles. The van der Waals surface area contributed by atoms with Crippen molar-refractivity contribution in [3.63, 3.8) is 0 Å². The van der Waals surface area contributed by atoms with Crippen LogP contribution in [-0.2, 0) is 9.59 Å². The standard InChI is InChI=1S/C14H14N2O4/c15-6-11-3-1-2-4-12(11)20-9-13(17)16-7-10(8-16)5-14(18)19/h1-4,10H,5,7-9H2,(H,18,19). The van der Waals surface area contributed by atoms with Gasteiger partial charge in [0.1, 0.15) is 11.8 Å². The second-order valence-electron chi connectivity index (χ2n) is 4.66. The molecule has 6 heteroatoms. The van der Waals surface area contributed by atoms with Gasteiger partial charge in [0.2, 0.25) is 0 Å². The summed E-state index contributed by atoms with van der Waals surface area (Å²) in [7, 11) is 0. The zero-order valence-electron chi connectivity index (χ0n) is 10.8. The minimum Gasteiger partial charge on any atom is -0.482 e. The monoisotopic (exact) mass is 274 g/mol. The number of likely N-dealkylation sites (tertiary alicyclic amines) is 1. The molecule has 1 heterocycles. The molecule has 6 nitrogen and oxygen atoms in total. The van der Waals surface area contributed by atoms with Crippen molar-refractivity contribution in [2.24, 2.45) is 5.92 Å². The number of carboxylic acid groups (broad SMARTS) is 1. The first kappa shape index (κ1) is 13.9. The summed E-state index contributed by atoms with van der Waals surface area (Å²) in [6, 6.07) is 8.69. The molecule has 0 bridgehead atoms. The molecule has 20 heavy (non-hydrogen) atoms. The maximum Gasteiger partial charge on any atom is 0.303 e.